The monoisotopic (exact) mass is 531 g/mol. The van der Waals surface area contributed by atoms with Crippen LogP contribution in [0.3, 0.4) is 0 Å². The van der Waals surface area contributed by atoms with E-state index in [2.05, 4.69) is 73.4 Å². The van der Waals surface area contributed by atoms with Crippen molar-refractivity contribution in [2.24, 2.45) is 11.3 Å². The molecule has 1 aromatic carbocycles. The molecule has 8 nitrogen and oxygen atoms in total. The summed E-state index contributed by atoms with van der Waals surface area (Å²) in [6.45, 7) is 12.9. The molecular weight excluding hydrogens is 490 g/mol. The summed E-state index contributed by atoms with van der Waals surface area (Å²) in [5.74, 6) is 0.130. The Kier molecular flexibility index (Phi) is 9.39. The minimum absolute atomic E-state index is 0.0929. The van der Waals surface area contributed by atoms with Gasteiger partial charge in [-0.05, 0) is 73.1 Å². The van der Waals surface area contributed by atoms with Crippen LogP contribution in [0.15, 0.2) is 42.6 Å². The zero-order valence-electron chi connectivity index (χ0n) is 24.1. The summed E-state index contributed by atoms with van der Waals surface area (Å²) < 4.78 is 4.90. The highest BCUT2D eigenvalue weighted by Gasteiger charge is 2.28. The highest BCUT2D eigenvalue weighted by molar-refractivity contribution is 6.03. The molecule has 0 saturated carbocycles. The van der Waals surface area contributed by atoms with Gasteiger partial charge in [0.1, 0.15) is 11.8 Å². The Labute approximate surface area is 231 Å². The predicted molar refractivity (Wildman–Crippen MR) is 154 cm³/mol. The second kappa shape index (κ2) is 12.3. The lowest BCUT2D eigenvalue weighted by Crippen LogP contribution is -2.45. The maximum Gasteiger partial charge on any atom is 0.407 e. The molecule has 0 spiro atoms. The number of carbonyl (C=O) groups is 2. The van der Waals surface area contributed by atoms with Crippen molar-refractivity contribution in [3.63, 3.8) is 0 Å². The number of benzene rings is 1. The number of alkyl carbamates (subject to hydrolysis) is 1. The normalized spacial score (nSPS) is 17.2. The zero-order chi connectivity index (χ0) is 28.8. The van der Waals surface area contributed by atoms with E-state index in [4.69, 9.17) is 10.00 Å². The van der Waals surface area contributed by atoms with E-state index in [1.165, 1.54) is 18.9 Å². The Morgan fingerprint density at radius 2 is 2.05 bits per heavy atom. The van der Waals surface area contributed by atoms with Gasteiger partial charge in [-0.1, -0.05) is 58.9 Å². The molecule has 0 aliphatic heterocycles. The van der Waals surface area contributed by atoms with E-state index in [0.717, 1.165) is 30.4 Å². The van der Waals surface area contributed by atoms with Crippen LogP contribution in [0.2, 0.25) is 0 Å². The van der Waals surface area contributed by atoms with Crippen molar-refractivity contribution in [2.75, 3.05) is 12.4 Å². The van der Waals surface area contributed by atoms with Gasteiger partial charge in [0.2, 0.25) is 0 Å². The van der Waals surface area contributed by atoms with Gasteiger partial charge in [0.25, 0.3) is 5.91 Å². The fourth-order valence-corrected chi connectivity index (χ4v) is 4.84. The summed E-state index contributed by atoms with van der Waals surface area (Å²) in [6, 6.07) is 8.06. The maximum absolute atomic E-state index is 13.0. The summed E-state index contributed by atoms with van der Waals surface area (Å²) in [4.78, 5) is 31.9. The summed E-state index contributed by atoms with van der Waals surface area (Å²) in [7, 11) is 1.37. The molecule has 2 atom stereocenters. The lowest BCUT2D eigenvalue weighted by Gasteiger charge is -2.31. The van der Waals surface area contributed by atoms with Gasteiger partial charge < -0.3 is 20.4 Å². The van der Waals surface area contributed by atoms with Crippen molar-refractivity contribution < 1.29 is 14.3 Å². The minimum atomic E-state index is -0.601. The summed E-state index contributed by atoms with van der Waals surface area (Å²) in [6.07, 6.45) is 10.9. The number of anilines is 1. The van der Waals surface area contributed by atoms with Crippen LogP contribution in [0.4, 0.5) is 10.5 Å². The average Bonchev–Trinajstić information content (AvgIpc) is 3.37. The van der Waals surface area contributed by atoms with Crippen molar-refractivity contribution in [2.45, 2.75) is 78.7 Å². The number of aromatic amines is 1. The molecule has 3 rings (SSSR count). The van der Waals surface area contributed by atoms with Gasteiger partial charge in [0.15, 0.2) is 5.82 Å². The quantitative estimate of drug-likeness (QED) is 0.303. The Hall–Kier alpha value is -3.86. The Morgan fingerprint density at radius 1 is 1.31 bits per heavy atom. The molecule has 0 fully saturated rings. The lowest BCUT2D eigenvalue weighted by atomic mass is 9.76. The van der Waals surface area contributed by atoms with Gasteiger partial charge in [-0.3, -0.25) is 4.79 Å². The van der Waals surface area contributed by atoms with Crippen LogP contribution < -0.4 is 10.6 Å². The Bertz CT molecular complexity index is 1300. The smallest absolute Gasteiger partial charge is 0.407 e. The second-order valence-corrected chi connectivity index (χ2v) is 11.9. The average molecular weight is 532 g/mol. The number of hydrogen-bond acceptors (Lipinski definition) is 5. The van der Waals surface area contributed by atoms with Crippen molar-refractivity contribution in [3.8, 4) is 6.07 Å². The summed E-state index contributed by atoms with van der Waals surface area (Å²) in [5.41, 5.74) is 3.86. The highest BCUT2D eigenvalue weighted by atomic mass is 16.5. The number of ether oxygens (including phenoxy) is 1. The molecule has 39 heavy (non-hydrogen) atoms. The van der Waals surface area contributed by atoms with E-state index in [9.17, 15) is 9.59 Å². The number of methoxy groups -OCH3 is 1. The van der Waals surface area contributed by atoms with E-state index in [-0.39, 0.29) is 22.9 Å². The molecule has 3 N–H and O–H groups in total. The zero-order valence-corrected chi connectivity index (χ0v) is 24.1. The number of nitrogens with one attached hydrogen (secondary N) is 3. The van der Waals surface area contributed by atoms with Crippen molar-refractivity contribution >= 4 is 23.3 Å². The summed E-state index contributed by atoms with van der Waals surface area (Å²) >= 11 is 0. The molecule has 1 aliphatic carbocycles. The standard InChI is InChI=1S/C31H41N5O3/c1-20(2)10-15-31(6,36-29(38)39-7)17-21(3)23-8-9-26(35-28(37)27-33-19-24(18-32)34-27)25(16-23)22-11-13-30(4,5)14-12-22/h8-11,15-16,19-21H,12-14,17H2,1-7H3,(H,33,34)(H,35,37)(H,36,38)/b15-10-. The fourth-order valence-electron chi connectivity index (χ4n) is 4.84. The van der Waals surface area contributed by atoms with Gasteiger partial charge in [-0.25, -0.2) is 9.78 Å². The third kappa shape index (κ3) is 8.06. The first-order valence-corrected chi connectivity index (χ1v) is 13.5. The van der Waals surface area contributed by atoms with Crippen LogP contribution in [0.5, 0.6) is 0 Å². The molecule has 0 saturated heterocycles. The van der Waals surface area contributed by atoms with Crippen LogP contribution >= 0.6 is 0 Å². The second-order valence-electron chi connectivity index (χ2n) is 11.9. The fraction of sp³-hybridized carbons (Fsp3) is 0.484. The number of nitriles is 1. The number of hydrogen-bond donors (Lipinski definition) is 3. The van der Waals surface area contributed by atoms with E-state index in [1.807, 2.05) is 31.2 Å². The van der Waals surface area contributed by atoms with Crippen LogP contribution in [0.1, 0.15) is 101 Å². The predicted octanol–water partition coefficient (Wildman–Crippen LogP) is 6.95. The molecule has 2 amide bonds. The first-order valence-electron chi connectivity index (χ1n) is 13.5. The largest absolute Gasteiger partial charge is 0.453 e. The van der Waals surface area contributed by atoms with Gasteiger partial charge in [-0.15, -0.1) is 0 Å². The molecule has 2 unspecified atom stereocenters. The third-order valence-corrected chi connectivity index (χ3v) is 7.24. The molecule has 1 aromatic heterocycles. The van der Waals surface area contributed by atoms with Crippen LogP contribution in [-0.4, -0.2) is 34.6 Å². The molecule has 1 heterocycles. The number of H-pyrrole nitrogens is 1. The molecule has 0 bridgehead atoms. The van der Waals surface area contributed by atoms with Crippen LogP contribution in [-0.2, 0) is 4.74 Å². The van der Waals surface area contributed by atoms with E-state index in [1.54, 1.807) is 0 Å². The van der Waals surface area contributed by atoms with Gasteiger partial charge in [0, 0.05) is 11.3 Å². The highest BCUT2D eigenvalue weighted by Crippen LogP contribution is 2.41. The molecule has 2 aromatic rings. The van der Waals surface area contributed by atoms with E-state index < -0.39 is 17.5 Å². The number of aromatic nitrogens is 2. The molecule has 1 aliphatic rings. The van der Waals surface area contributed by atoms with Crippen molar-refractivity contribution in [1.82, 2.24) is 15.3 Å². The number of nitrogens with zero attached hydrogens (tertiary/aromatic N) is 2. The van der Waals surface area contributed by atoms with E-state index in [0.29, 0.717) is 18.0 Å². The van der Waals surface area contributed by atoms with Crippen LogP contribution in [0.25, 0.3) is 5.57 Å². The maximum atomic E-state index is 13.0. The molecular formula is C31H41N5O3. The van der Waals surface area contributed by atoms with Crippen molar-refractivity contribution in [1.29, 1.82) is 5.26 Å². The van der Waals surface area contributed by atoms with Gasteiger partial charge in [0.05, 0.1) is 18.8 Å². The van der Waals surface area contributed by atoms with E-state index >= 15 is 0 Å². The lowest BCUT2D eigenvalue weighted by molar-refractivity contribution is 0.101. The Balaban J connectivity index is 1.95. The number of imidazole rings is 1. The first-order chi connectivity index (χ1) is 18.3. The SMILES string of the molecule is COC(=O)NC(C)(/C=C\C(C)C)CC(C)c1ccc(NC(=O)c2ncc(C#N)[nH]2)c(C2=CCC(C)(C)CC2)c1. The number of allylic oxidation sites excluding steroid dienone is 3. The minimum Gasteiger partial charge on any atom is -0.453 e. The summed E-state index contributed by atoms with van der Waals surface area (Å²) in [5, 5.41) is 15.1. The Morgan fingerprint density at radius 3 is 2.64 bits per heavy atom. The first kappa shape index (κ1) is 29.7. The molecule has 208 valence electrons. The number of carbonyl (C=O) groups excluding carboxylic acids is 2. The molecule has 0 radical (unpaired) electrons. The molecule has 8 heteroatoms. The number of rotatable bonds is 9. The van der Waals surface area contributed by atoms with Crippen molar-refractivity contribution in [3.05, 3.63) is 65.3 Å². The van der Waals surface area contributed by atoms with Crippen LogP contribution in [0, 0.1) is 22.7 Å². The topological polar surface area (TPSA) is 120 Å². The third-order valence-electron chi connectivity index (χ3n) is 7.24. The van der Waals surface area contributed by atoms with Gasteiger partial charge >= 0.3 is 6.09 Å². The number of amides is 2. The van der Waals surface area contributed by atoms with Gasteiger partial charge in [-0.2, -0.15) is 5.26 Å².